The van der Waals surface area contributed by atoms with Gasteiger partial charge in [0.1, 0.15) is 6.10 Å². The molecule has 1 aliphatic rings. The molecule has 1 fully saturated rings. The Balaban J connectivity index is 2.05. The number of hydrogen-bond acceptors (Lipinski definition) is 4. The summed E-state index contributed by atoms with van der Waals surface area (Å²) >= 11 is 1.93. The quantitative estimate of drug-likeness (QED) is 0.809. The van der Waals surface area contributed by atoms with E-state index in [9.17, 15) is 0 Å². The van der Waals surface area contributed by atoms with E-state index >= 15 is 0 Å². The van der Waals surface area contributed by atoms with E-state index in [4.69, 9.17) is 10.5 Å². The van der Waals surface area contributed by atoms with Crippen molar-refractivity contribution < 1.29 is 4.74 Å². The molecule has 4 heteroatoms. The van der Waals surface area contributed by atoms with Gasteiger partial charge in [0, 0.05) is 11.8 Å². The highest BCUT2D eigenvalue weighted by atomic mass is 32.2. The van der Waals surface area contributed by atoms with Crippen molar-refractivity contribution in [2.45, 2.75) is 19.4 Å². The summed E-state index contributed by atoms with van der Waals surface area (Å²) < 4.78 is 5.72. The van der Waals surface area contributed by atoms with Crippen molar-refractivity contribution in [1.82, 2.24) is 4.98 Å². The zero-order valence-corrected chi connectivity index (χ0v) is 9.01. The minimum Gasteiger partial charge on any atom is -0.473 e. The number of thioether (sulfide) groups is 1. The van der Waals surface area contributed by atoms with Crippen LogP contribution in [-0.2, 0) is 0 Å². The summed E-state index contributed by atoms with van der Waals surface area (Å²) in [7, 11) is 0. The van der Waals surface area contributed by atoms with Crippen molar-refractivity contribution in [3.63, 3.8) is 0 Å². The number of aromatic nitrogens is 1. The summed E-state index contributed by atoms with van der Waals surface area (Å²) in [6.45, 7) is 1.97. The molecule has 2 rings (SSSR count). The lowest BCUT2D eigenvalue weighted by molar-refractivity contribution is 0.220. The molecule has 0 bridgehead atoms. The van der Waals surface area contributed by atoms with Crippen LogP contribution in [0.3, 0.4) is 0 Å². The minimum atomic E-state index is 0.329. The largest absolute Gasteiger partial charge is 0.473 e. The smallest absolute Gasteiger partial charge is 0.213 e. The summed E-state index contributed by atoms with van der Waals surface area (Å²) in [6, 6.07) is 1.90. The summed E-state index contributed by atoms with van der Waals surface area (Å²) in [5, 5.41) is 0. The monoisotopic (exact) mass is 210 g/mol. The van der Waals surface area contributed by atoms with Gasteiger partial charge in [-0.2, -0.15) is 11.8 Å². The van der Waals surface area contributed by atoms with Crippen molar-refractivity contribution in [2.75, 3.05) is 17.2 Å². The number of nitrogen functional groups attached to an aromatic ring is 1. The van der Waals surface area contributed by atoms with Crippen molar-refractivity contribution in [1.29, 1.82) is 0 Å². The zero-order chi connectivity index (χ0) is 9.97. The fraction of sp³-hybridized carbons (Fsp3) is 0.500. The van der Waals surface area contributed by atoms with Gasteiger partial charge in [0.2, 0.25) is 5.88 Å². The fourth-order valence-electron chi connectivity index (χ4n) is 1.38. The van der Waals surface area contributed by atoms with Gasteiger partial charge < -0.3 is 10.5 Å². The highest BCUT2D eigenvalue weighted by Crippen LogP contribution is 2.23. The lowest BCUT2D eigenvalue weighted by Crippen LogP contribution is -2.15. The number of nitrogens with two attached hydrogens (primary N) is 1. The predicted octanol–water partition coefficient (Wildman–Crippen LogP) is 1.86. The maximum absolute atomic E-state index is 5.72. The second-order valence-electron chi connectivity index (χ2n) is 3.48. The topological polar surface area (TPSA) is 48.1 Å². The van der Waals surface area contributed by atoms with Gasteiger partial charge in [-0.3, -0.25) is 0 Å². The Morgan fingerprint density at radius 1 is 1.64 bits per heavy atom. The van der Waals surface area contributed by atoms with Crippen LogP contribution in [0.15, 0.2) is 12.3 Å². The molecule has 2 heterocycles. The highest BCUT2D eigenvalue weighted by Gasteiger charge is 2.17. The molecule has 1 aliphatic heterocycles. The van der Waals surface area contributed by atoms with Gasteiger partial charge in [-0.1, -0.05) is 0 Å². The number of pyridine rings is 1. The molecule has 3 nitrogen and oxygen atoms in total. The standard InChI is InChI=1S/C10H14N2OS/c1-7-4-10(12-5-9(7)11)13-8-2-3-14-6-8/h4-5,8H,2-3,6,11H2,1H3. The molecule has 0 spiro atoms. The molecule has 2 N–H and O–H groups in total. The molecule has 0 aliphatic carbocycles. The third-order valence-corrected chi connectivity index (χ3v) is 3.43. The maximum Gasteiger partial charge on any atom is 0.213 e. The predicted molar refractivity (Wildman–Crippen MR) is 59.7 cm³/mol. The summed E-state index contributed by atoms with van der Waals surface area (Å²) in [6.07, 6.45) is 3.11. The van der Waals surface area contributed by atoms with Crippen LogP contribution < -0.4 is 10.5 Å². The van der Waals surface area contributed by atoms with Crippen LogP contribution in [0, 0.1) is 6.92 Å². The Morgan fingerprint density at radius 3 is 3.14 bits per heavy atom. The maximum atomic E-state index is 5.72. The van der Waals surface area contributed by atoms with Gasteiger partial charge in [-0.05, 0) is 24.7 Å². The van der Waals surface area contributed by atoms with Crippen LogP contribution >= 0.6 is 11.8 Å². The molecule has 1 aromatic heterocycles. The van der Waals surface area contributed by atoms with E-state index in [1.54, 1.807) is 6.20 Å². The number of rotatable bonds is 2. The minimum absolute atomic E-state index is 0.329. The lowest BCUT2D eigenvalue weighted by Gasteiger charge is -2.11. The van der Waals surface area contributed by atoms with Crippen molar-refractivity contribution in [3.8, 4) is 5.88 Å². The summed E-state index contributed by atoms with van der Waals surface area (Å²) in [5.74, 6) is 2.97. The van der Waals surface area contributed by atoms with Crippen molar-refractivity contribution in [3.05, 3.63) is 17.8 Å². The number of nitrogens with zero attached hydrogens (tertiary/aromatic N) is 1. The first-order chi connectivity index (χ1) is 6.75. The Labute approximate surface area is 88.0 Å². The van der Waals surface area contributed by atoms with E-state index in [2.05, 4.69) is 4.98 Å². The van der Waals surface area contributed by atoms with Crippen molar-refractivity contribution in [2.24, 2.45) is 0 Å². The molecular weight excluding hydrogens is 196 g/mol. The number of anilines is 1. The van der Waals surface area contributed by atoms with E-state index in [0.29, 0.717) is 12.0 Å². The van der Waals surface area contributed by atoms with E-state index in [1.165, 1.54) is 5.75 Å². The number of ether oxygens (including phenoxy) is 1. The average molecular weight is 210 g/mol. The molecule has 0 aromatic carbocycles. The van der Waals surface area contributed by atoms with Gasteiger partial charge in [0.15, 0.2) is 0 Å². The lowest BCUT2D eigenvalue weighted by atomic mass is 10.2. The molecule has 0 radical (unpaired) electrons. The molecule has 1 unspecified atom stereocenters. The SMILES string of the molecule is Cc1cc(OC2CCSC2)ncc1N. The van der Waals surface area contributed by atoms with Crippen LogP contribution in [0.4, 0.5) is 5.69 Å². The van der Waals surface area contributed by atoms with Gasteiger partial charge >= 0.3 is 0 Å². The van der Waals surface area contributed by atoms with Gasteiger partial charge in [-0.25, -0.2) is 4.98 Å². The molecule has 1 aromatic rings. The first kappa shape index (κ1) is 9.65. The summed E-state index contributed by atoms with van der Waals surface area (Å²) in [4.78, 5) is 4.15. The van der Waals surface area contributed by atoms with Crippen LogP contribution in [-0.4, -0.2) is 22.6 Å². The van der Waals surface area contributed by atoms with Gasteiger partial charge in [-0.15, -0.1) is 0 Å². The first-order valence-electron chi connectivity index (χ1n) is 4.72. The highest BCUT2D eigenvalue weighted by molar-refractivity contribution is 7.99. The molecule has 76 valence electrons. The molecule has 0 amide bonds. The second-order valence-corrected chi connectivity index (χ2v) is 4.63. The molecule has 1 atom stereocenters. The first-order valence-corrected chi connectivity index (χ1v) is 5.87. The Kier molecular flexibility index (Phi) is 2.82. The molecule has 1 saturated heterocycles. The van der Waals surface area contributed by atoms with Crippen LogP contribution in [0.2, 0.25) is 0 Å². The Morgan fingerprint density at radius 2 is 2.50 bits per heavy atom. The van der Waals surface area contributed by atoms with E-state index < -0.39 is 0 Å². The third kappa shape index (κ3) is 2.12. The van der Waals surface area contributed by atoms with E-state index in [-0.39, 0.29) is 0 Å². The normalized spacial score (nSPS) is 21.1. The van der Waals surface area contributed by atoms with Crippen LogP contribution in [0.5, 0.6) is 5.88 Å². The third-order valence-electron chi connectivity index (χ3n) is 2.30. The van der Waals surface area contributed by atoms with Gasteiger partial charge in [0.05, 0.1) is 11.9 Å². The van der Waals surface area contributed by atoms with Crippen LogP contribution in [0.1, 0.15) is 12.0 Å². The van der Waals surface area contributed by atoms with E-state index in [0.717, 1.165) is 23.4 Å². The zero-order valence-electron chi connectivity index (χ0n) is 8.19. The molecular formula is C10H14N2OS. The summed E-state index contributed by atoms with van der Waals surface area (Å²) in [5.41, 5.74) is 7.42. The number of aryl methyl sites for hydroxylation is 1. The fourth-order valence-corrected chi connectivity index (χ4v) is 2.48. The van der Waals surface area contributed by atoms with Crippen molar-refractivity contribution >= 4 is 17.4 Å². The Hall–Kier alpha value is -0.900. The number of hydrogen-bond donors (Lipinski definition) is 1. The Bertz CT molecular complexity index is 324. The van der Waals surface area contributed by atoms with Gasteiger partial charge in [0.25, 0.3) is 0 Å². The van der Waals surface area contributed by atoms with Crippen LogP contribution in [0.25, 0.3) is 0 Å². The second kappa shape index (κ2) is 4.09. The van der Waals surface area contributed by atoms with E-state index in [1.807, 2.05) is 24.8 Å². The molecule has 14 heavy (non-hydrogen) atoms. The average Bonchev–Trinajstić information content (AvgIpc) is 2.64. The molecule has 0 saturated carbocycles.